The molecule has 1 unspecified atom stereocenters. The third-order valence-electron chi connectivity index (χ3n) is 6.90. The molecule has 34 heavy (non-hydrogen) atoms. The van der Waals surface area contributed by atoms with Crippen molar-refractivity contribution in [2.75, 3.05) is 56.5 Å². The first kappa shape index (κ1) is 22.7. The molecule has 9 heteroatoms. The molecule has 2 aromatic heterocycles. The predicted octanol–water partition coefficient (Wildman–Crippen LogP) is 2.65. The Balaban J connectivity index is 1.46. The van der Waals surface area contributed by atoms with Crippen molar-refractivity contribution in [3.63, 3.8) is 0 Å². The lowest BCUT2D eigenvalue weighted by atomic mass is 10.1. The summed E-state index contributed by atoms with van der Waals surface area (Å²) in [4.78, 5) is 32.0. The zero-order chi connectivity index (χ0) is 23.8. The number of fused-ring (bicyclic) bond motifs is 1. The van der Waals surface area contributed by atoms with Crippen molar-refractivity contribution in [2.24, 2.45) is 0 Å². The number of nitrogens with one attached hydrogen (secondary N) is 2. The second-order valence-corrected chi connectivity index (χ2v) is 9.79. The van der Waals surface area contributed by atoms with Crippen LogP contribution in [-0.2, 0) is 0 Å². The molecule has 1 atom stereocenters. The van der Waals surface area contributed by atoms with Crippen LogP contribution >= 0.6 is 0 Å². The topological polar surface area (TPSA) is 91.2 Å². The summed E-state index contributed by atoms with van der Waals surface area (Å²) in [7, 11) is 2.17. The molecule has 2 saturated heterocycles. The summed E-state index contributed by atoms with van der Waals surface area (Å²) >= 11 is 0. The van der Waals surface area contributed by atoms with Crippen LogP contribution in [0.15, 0.2) is 29.2 Å². The number of hydrogen-bond donors (Lipinski definition) is 2. The minimum absolute atomic E-state index is 0.0390. The molecule has 1 aromatic carbocycles. The lowest BCUT2D eigenvalue weighted by Gasteiger charge is -2.35. The van der Waals surface area contributed by atoms with Crippen LogP contribution in [0.5, 0.6) is 0 Å². The maximum atomic E-state index is 13.3. The lowest BCUT2D eigenvalue weighted by Crippen LogP contribution is -2.44. The molecule has 0 aliphatic carbocycles. The van der Waals surface area contributed by atoms with E-state index in [4.69, 9.17) is 4.98 Å². The van der Waals surface area contributed by atoms with Crippen LogP contribution in [0, 0.1) is 6.92 Å². The summed E-state index contributed by atoms with van der Waals surface area (Å²) in [6, 6.07) is 6.45. The molecule has 9 nitrogen and oxygen atoms in total. The molecule has 2 N–H and O–H groups in total. The Bertz CT molecular complexity index is 1240. The highest BCUT2D eigenvalue weighted by Crippen LogP contribution is 2.27. The fraction of sp³-hybridized carbons (Fsp3) is 0.520. The quantitative estimate of drug-likeness (QED) is 0.598. The number of aromatic nitrogens is 4. The van der Waals surface area contributed by atoms with Crippen molar-refractivity contribution in [3.8, 4) is 0 Å². The number of benzene rings is 1. The largest absolute Gasteiger partial charge is 0.369 e. The van der Waals surface area contributed by atoms with E-state index in [-0.39, 0.29) is 17.5 Å². The van der Waals surface area contributed by atoms with Crippen molar-refractivity contribution >= 4 is 28.5 Å². The van der Waals surface area contributed by atoms with Crippen molar-refractivity contribution in [2.45, 2.75) is 39.2 Å². The van der Waals surface area contributed by atoms with Crippen LogP contribution in [0.4, 0.5) is 17.3 Å². The smallest absolute Gasteiger partial charge is 0.274 e. The molecule has 4 heterocycles. The average Bonchev–Trinajstić information content (AvgIpc) is 3.34. The van der Waals surface area contributed by atoms with E-state index in [1.165, 1.54) is 11.3 Å². The molecule has 3 aromatic rings. The second-order valence-electron chi connectivity index (χ2n) is 9.79. The third-order valence-corrected chi connectivity index (χ3v) is 6.90. The fourth-order valence-electron chi connectivity index (χ4n) is 4.92. The lowest BCUT2D eigenvalue weighted by molar-refractivity contribution is 0.312. The summed E-state index contributed by atoms with van der Waals surface area (Å²) in [6.45, 7) is 12.0. The zero-order valence-electron chi connectivity index (χ0n) is 20.5. The minimum Gasteiger partial charge on any atom is -0.369 e. The third kappa shape index (κ3) is 4.37. The van der Waals surface area contributed by atoms with E-state index in [1.54, 1.807) is 6.20 Å². The van der Waals surface area contributed by atoms with Gasteiger partial charge in [-0.15, -0.1) is 0 Å². The van der Waals surface area contributed by atoms with Gasteiger partial charge in [0.05, 0.1) is 12.2 Å². The summed E-state index contributed by atoms with van der Waals surface area (Å²) < 4.78 is 1.83. The summed E-state index contributed by atoms with van der Waals surface area (Å²) in [5, 5.41) is 6.70. The van der Waals surface area contributed by atoms with E-state index in [2.05, 4.69) is 62.6 Å². The molecule has 0 saturated carbocycles. The maximum Gasteiger partial charge on any atom is 0.274 e. The Hall–Kier alpha value is -3.04. The van der Waals surface area contributed by atoms with Gasteiger partial charge in [-0.2, -0.15) is 4.98 Å². The van der Waals surface area contributed by atoms with Gasteiger partial charge in [0.25, 0.3) is 5.56 Å². The van der Waals surface area contributed by atoms with Crippen molar-refractivity contribution in [3.05, 3.63) is 46.0 Å². The molecule has 5 rings (SSSR count). The molecular weight excluding hydrogens is 428 g/mol. The van der Waals surface area contributed by atoms with Crippen LogP contribution in [0.25, 0.3) is 11.2 Å². The normalized spacial score (nSPS) is 19.3. The van der Waals surface area contributed by atoms with E-state index in [0.29, 0.717) is 22.8 Å². The van der Waals surface area contributed by atoms with Gasteiger partial charge in [0, 0.05) is 50.0 Å². The SMILES string of the molecule is Cc1cc(Nc2ncc3nc(C(C)C)c(=O)n(C4CCNC4)c3n2)ccc1N1CCN(C)CC1. The number of aryl methyl sites for hydroxylation is 1. The highest BCUT2D eigenvalue weighted by molar-refractivity contribution is 5.72. The van der Waals surface area contributed by atoms with Gasteiger partial charge in [-0.3, -0.25) is 9.36 Å². The van der Waals surface area contributed by atoms with E-state index >= 15 is 0 Å². The van der Waals surface area contributed by atoms with E-state index in [1.807, 2.05) is 18.4 Å². The number of rotatable bonds is 5. The first-order valence-electron chi connectivity index (χ1n) is 12.2. The molecular formula is C25H34N8O. The van der Waals surface area contributed by atoms with Gasteiger partial charge in [0.1, 0.15) is 11.2 Å². The molecule has 0 spiro atoms. The van der Waals surface area contributed by atoms with Crippen molar-refractivity contribution < 1.29 is 0 Å². The van der Waals surface area contributed by atoms with E-state index in [0.717, 1.165) is 51.4 Å². The molecule has 2 aliphatic rings. The number of nitrogens with zero attached hydrogens (tertiary/aromatic N) is 6. The number of piperazine rings is 1. The average molecular weight is 463 g/mol. The van der Waals surface area contributed by atoms with Crippen molar-refractivity contribution in [1.82, 2.24) is 29.7 Å². The molecule has 2 aliphatic heterocycles. The molecule has 0 bridgehead atoms. The highest BCUT2D eigenvalue weighted by Gasteiger charge is 2.24. The van der Waals surface area contributed by atoms with Gasteiger partial charge in [-0.25, -0.2) is 9.97 Å². The van der Waals surface area contributed by atoms with Crippen LogP contribution in [0.3, 0.4) is 0 Å². The van der Waals surface area contributed by atoms with E-state index in [9.17, 15) is 4.79 Å². The van der Waals surface area contributed by atoms with Crippen LogP contribution < -0.4 is 21.1 Å². The Morgan fingerprint density at radius 3 is 2.62 bits per heavy atom. The standard InChI is InChI=1S/C25H34N8O/c1-16(2)22-24(34)33(19-7-8-26-14-19)23-20(29-22)15-27-25(30-23)28-18-5-6-21(17(3)13-18)32-11-9-31(4)10-12-32/h5-6,13,15-16,19,26H,7-12,14H2,1-4H3,(H,27,28,30). The zero-order valence-corrected chi connectivity index (χ0v) is 20.5. The van der Waals surface area contributed by atoms with Crippen LogP contribution in [0.1, 0.15) is 43.5 Å². The van der Waals surface area contributed by atoms with Gasteiger partial charge in [0.2, 0.25) is 5.95 Å². The minimum atomic E-state index is -0.0479. The van der Waals surface area contributed by atoms with Gasteiger partial charge in [-0.05, 0) is 50.7 Å². The highest BCUT2D eigenvalue weighted by atomic mass is 16.1. The Morgan fingerprint density at radius 1 is 1.15 bits per heavy atom. The van der Waals surface area contributed by atoms with Gasteiger partial charge >= 0.3 is 0 Å². The Morgan fingerprint density at radius 2 is 1.94 bits per heavy atom. The Kier molecular flexibility index (Phi) is 6.22. The summed E-state index contributed by atoms with van der Waals surface area (Å²) in [6.07, 6.45) is 2.62. The predicted molar refractivity (Wildman–Crippen MR) is 136 cm³/mol. The van der Waals surface area contributed by atoms with Crippen molar-refractivity contribution in [1.29, 1.82) is 0 Å². The fourth-order valence-corrected chi connectivity index (χ4v) is 4.92. The van der Waals surface area contributed by atoms with Gasteiger partial charge in [-0.1, -0.05) is 13.8 Å². The molecule has 180 valence electrons. The maximum absolute atomic E-state index is 13.3. The number of hydrogen-bond acceptors (Lipinski definition) is 8. The molecule has 0 amide bonds. The first-order valence-corrected chi connectivity index (χ1v) is 12.2. The summed E-state index contributed by atoms with van der Waals surface area (Å²) in [5.41, 5.74) is 5.18. The first-order chi connectivity index (χ1) is 16.4. The Labute approximate surface area is 200 Å². The van der Waals surface area contributed by atoms with Crippen LogP contribution in [-0.4, -0.2) is 70.7 Å². The molecule has 2 fully saturated rings. The second kappa shape index (κ2) is 9.31. The number of likely N-dealkylation sites (N-methyl/N-ethyl adjacent to an activating group) is 1. The monoisotopic (exact) mass is 462 g/mol. The summed E-state index contributed by atoms with van der Waals surface area (Å²) in [5.74, 6) is 0.509. The van der Waals surface area contributed by atoms with Crippen LogP contribution in [0.2, 0.25) is 0 Å². The molecule has 0 radical (unpaired) electrons. The number of anilines is 3. The van der Waals surface area contributed by atoms with Gasteiger partial charge in [0.15, 0.2) is 5.65 Å². The van der Waals surface area contributed by atoms with E-state index < -0.39 is 0 Å². The van der Waals surface area contributed by atoms with Gasteiger partial charge < -0.3 is 20.4 Å².